The predicted molar refractivity (Wildman–Crippen MR) is 73.9 cm³/mol. The first-order valence-electron chi connectivity index (χ1n) is 6.45. The molecule has 0 aliphatic heterocycles. The van der Waals surface area contributed by atoms with E-state index in [0.717, 1.165) is 23.0 Å². The van der Waals surface area contributed by atoms with Crippen LogP contribution in [0.1, 0.15) is 19.3 Å². The average Bonchev–Trinajstić information content (AvgIpc) is 3.17. The highest BCUT2D eigenvalue weighted by Gasteiger charge is 2.24. The van der Waals surface area contributed by atoms with Gasteiger partial charge < -0.3 is 0 Å². The van der Waals surface area contributed by atoms with Crippen LogP contribution in [0.25, 0.3) is 5.65 Å². The molecule has 2 aromatic heterocycles. The highest BCUT2D eigenvalue weighted by molar-refractivity contribution is 7.99. The lowest BCUT2D eigenvalue weighted by Crippen LogP contribution is -2.29. The zero-order chi connectivity index (χ0) is 13.1. The van der Waals surface area contributed by atoms with Crippen molar-refractivity contribution in [2.24, 2.45) is 0 Å². The van der Waals surface area contributed by atoms with Crippen molar-refractivity contribution in [3.8, 4) is 6.07 Å². The van der Waals surface area contributed by atoms with Gasteiger partial charge in [0.25, 0.3) is 0 Å². The lowest BCUT2D eigenvalue weighted by atomic mass is 10.2. The molecule has 1 aliphatic carbocycles. The normalized spacial score (nSPS) is 16.4. The maximum atomic E-state index is 9.08. The van der Waals surface area contributed by atoms with E-state index in [0.29, 0.717) is 6.04 Å². The Kier molecular flexibility index (Phi) is 3.67. The van der Waals surface area contributed by atoms with Crippen LogP contribution in [0.5, 0.6) is 0 Å². The fourth-order valence-electron chi connectivity index (χ4n) is 1.91. The Morgan fingerprint density at radius 3 is 3.16 bits per heavy atom. The van der Waals surface area contributed by atoms with Gasteiger partial charge in [0, 0.05) is 18.0 Å². The molecule has 19 heavy (non-hydrogen) atoms. The fourth-order valence-corrected chi connectivity index (χ4v) is 2.83. The minimum Gasteiger partial charge on any atom is -0.299 e. The molecule has 0 bridgehead atoms. The number of nitrogens with one attached hydrogen (secondary N) is 1. The van der Waals surface area contributed by atoms with Gasteiger partial charge in [0.05, 0.1) is 12.1 Å². The Hall–Kier alpha value is -1.58. The van der Waals surface area contributed by atoms with Gasteiger partial charge in [-0.15, -0.1) is 10.2 Å². The van der Waals surface area contributed by atoms with Gasteiger partial charge >= 0.3 is 0 Å². The summed E-state index contributed by atoms with van der Waals surface area (Å²) in [5.74, 6) is 0.869. The van der Waals surface area contributed by atoms with Gasteiger partial charge in [0.15, 0.2) is 10.8 Å². The summed E-state index contributed by atoms with van der Waals surface area (Å²) in [6.07, 6.45) is 5.21. The van der Waals surface area contributed by atoms with Crippen LogP contribution >= 0.6 is 11.8 Å². The minimum atomic E-state index is -0.0424. The monoisotopic (exact) mass is 273 g/mol. The van der Waals surface area contributed by atoms with E-state index in [1.807, 2.05) is 28.8 Å². The van der Waals surface area contributed by atoms with Crippen molar-refractivity contribution in [3.63, 3.8) is 0 Å². The maximum Gasteiger partial charge on any atom is 0.195 e. The second-order valence-corrected chi connectivity index (χ2v) is 5.73. The summed E-state index contributed by atoms with van der Waals surface area (Å²) in [6, 6.07) is 8.70. The quantitative estimate of drug-likeness (QED) is 0.814. The van der Waals surface area contributed by atoms with E-state index in [2.05, 4.69) is 21.6 Å². The Labute approximate surface area is 116 Å². The molecule has 2 aromatic rings. The van der Waals surface area contributed by atoms with Gasteiger partial charge in [-0.1, -0.05) is 17.8 Å². The molecule has 0 amide bonds. The third-order valence-corrected chi connectivity index (χ3v) is 4.07. The Balaban J connectivity index is 1.55. The van der Waals surface area contributed by atoms with Gasteiger partial charge in [-0.3, -0.25) is 9.72 Å². The minimum absolute atomic E-state index is 0.0424. The number of rotatable bonds is 6. The molecule has 1 unspecified atom stereocenters. The van der Waals surface area contributed by atoms with E-state index in [-0.39, 0.29) is 6.04 Å². The third-order valence-electron chi connectivity index (χ3n) is 3.09. The maximum absolute atomic E-state index is 9.08. The van der Waals surface area contributed by atoms with Gasteiger partial charge in [0.2, 0.25) is 0 Å². The number of pyridine rings is 1. The molecule has 0 saturated heterocycles. The number of nitrogens with zero attached hydrogens (tertiary/aromatic N) is 4. The summed E-state index contributed by atoms with van der Waals surface area (Å²) in [7, 11) is 0. The van der Waals surface area contributed by atoms with E-state index < -0.39 is 0 Å². The topological polar surface area (TPSA) is 66.0 Å². The molecule has 98 valence electrons. The van der Waals surface area contributed by atoms with Crippen molar-refractivity contribution >= 4 is 17.4 Å². The summed E-state index contributed by atoms with van der Waals surface area (Å²) >= 11 is 1.65. The molecular weight excluding hydrogens is 258 g/mol. The van der Waals surface area contributed by atoms with Gasteiger partial charge in [-0.2, -0.15) is 5.26 Å². The van der Waals surface area contributed by atoms with E-state index in [1.54, 1.807) is 11.8 Å². The molecule has 1 atom stereocenters. The first-order valence-corrected chi connectivity index (χ1v) is 7.43. The molecule has 3 rings (SSSR count). The molecule has 1 aliphatic rings. The van der Waals surface area contributed by atoms with Crippen LogP contribution < -0.4 is 5.32 Å². The predicted octanol–water partition coefficient (Wildman–Crippen LogP) is 1.86. The standard InChI is InChI=1S/C13H15N5S/c14-9-11(15-10-4-5-10)6-8-19-13-17-16-12-3-1-2-7-18(12)13/h1-3,7,10-11,15H,4-6,8H2. The summed E-state index contributed by atoms with van der Waals surface area (Å²) in [4.78, 5) is 0. The molecule has 2 heterocycles. The summed E-state index contributed by atoms with van der Waals surface area (Å²) in [6.45, 7) is 0. The van der Waals surface area contributed by atoms with Gasteiger partial charge in [-0.05, 0) is 31.4 Å². The second kappa shape index (κ2) is 5.59. The molecule has 0 spiro atoms. The highest BCUT2D eigenvalue weighted by atomic mass is 32.2. The van der Waals surface area contributed by atoms with E-state index in [1.165, 1.54) is 12.8 Å². The number of aromatic nitrogens is 3. The molecule has 0 aromatic carbocycles. The highest BCUT2D eigenvalue weighted by Crippen LogP contribution is 2.21. The summed E-state index contributed by atoms with van der Waals surface area (Å²) in [5.41, 5.74) is 0.859. The van der Waals surface area contributed by atoms with Crippen molar-refractivity contribution in [2.75, 3.05) is 5.75 Å². The molecule has 6 heteroatoms. The van der Waals surface area contributed by atoms with E-state index in [4.69, 9.17) is 5.26 Å². The zero-order valence-electron chi connectivity index (χ0n) is 10.5. The summed E-state index contributed by atoms with van der Waals surface area (Å²) in [5, 5.41) is 21.6. The van der Waals surface area contributed by atoms with Crippen molar-refractivity contribution in [2.45, 2.75) is 36.5 Å². The van der Waals surface area contributed by atoms with Crippen LogP contribution in [0.2, 0.25) is 0 Å². The largest absolute Gasteiger partial charge is 0.299 e. The lowest BCUT2D eigenvalue weighted by Gasteiger charge is -2.09. The van der Waals surface area contributed by atoms with Crippen molar-refractivity contribution in [3.05, 3.63) is 24.4 Å². The molecular formula is C13H15N5S. The Bertz CT molecular complexity index is 598. The van der Waals surface area contributed by atoms with Crippen LogP contribution in [-0.2, 0) is 0 Å². The Morgan fingerprint density at radius 2 is 2.37 bits per heavy atom. The van der Waals surface area contributed by atoms with Crippen molar-refractivity contribution in [1.82, 2.24) is 19.9 Å². The van der Waals surface area contributed by atoms with E-state index in [9.17, 15) is 0 Å². The fraction of sp³-hybridized carbons (Fsp3) is 0.462. The van der Waals surface area contributed by atoms with Gasteiger partial charge in [0.1, 0.15) is 0 Å². The molecule has 5 nitrogen and oxygen atoms in total. The molecule has 1 fully saturated rings. The lowest BCUT2D eigenvalue weighted by molar-refractivity contribution is 0.587. The van der Waals surface area contributed by atoms with Crippen LogP contribution in [0.4, 0.5) is 0 Å². The summed E-state index contributed by atoms with van der Waals surface area (Å²) < 4.78 is 1.97. The van der Waals surface area contributed by atoms with E-state index >= 15 is 0 Å². The number of nitriles is 1. The van der Waals surface area contributed by atoms with Crippen LogP contribution in [0, 0.1) is 11.3 Å². The molecule has 0 radical (unpaired) electrons. The smallest absolute Gasteiger partial charge is 0.195 e. The number of thioether (sulfide) groups is 1. The van der Waals surface area contributed by atoms with Gasteiger partial charge in [-0.25, -0.2) is 0 Å². The zero-order valence-corrected chi connectivity index (χ0v) is 11.3. The first kappa shape index (κ1) is 12.5. The first-order chi connectivity index (χ1) is 9.36. The number of fused-ring (bicyclic) bond motifs is 1. The number of hydrogen-bond donors (Lipinski definition) is 1. The van der Waals surface area contributed by atoms with Crippen molar-refractivity contribution in [1.29, 1.82) is 5.26 Å². The SMILES string of the molecule is N#CC(CCSc1nnc2ccccn12)NC1CC1. The van der Waals surface area contributed by atoms with Crippen LogP contribution in [0.3, 0.4) is 0 Å². The number of hydrogen-bond acceptors (Lipinski definition) is 5. The van der Waals surface area contributed by atoms with Crippen LogP contribution in [0.15, 0.2) is 29.6 Å². The third kappa shape index (κ3) is 3.06. The van der Waals surface area contributed by atoms with Crippen molar-refractivity contribution < 1.29 is 0 Å². The van der Waals surface area contributed by atoms with Crippen LogP contribution in [-0.4, -0.2) is 32.4 Å². The second-order valence-electron chi connectivity index (χ2n) is 4.67. The molecule has 1 saturated carbocycles. The molecule has 1 N–H and O–H groups in total. The average molecular weight is 273 g/mol. The Morgan fingerprint density at radius 1 is 1.47 bits per heavy atom.